The average Bonchev–Trinajstić information content (AvgIpc) is 2.40. The average molecular weight is 284 g/mol. The molecule has 5 heteroatoms. The number of carbonyl (C=O) groups is 1. The van der Waals surface area contributed by atoms with Crippen LogP contribution >= 0.6 is 11.8 Å². The lowest BCUT2D eigenvalue weighted by Crippen LogP contribution is -2.25. The summed E-state index contributed by atoms with van der Waals surface area (Å²) >= 11 is 1.85. The summed E-state index contributed by atoms with van der Waals surface area (Å²) < 4.78 is 13.2. The molecule has 0 aliphatic carbocycles. The first-order chi connectivity index (χ1) is 9.16. The number of unbranched alkanes of at least 4 members (excludes halogenated alkanes) is 3. The van der Waals surface area contributed by atoms with Crippen molar-refractivity contribution < 1.29 is 9.18 Å². The highest BCUT2D eigenvalue weighted by atomic mass is 32.2. The minimum absolute atomic E-state index is 0.0834. The van der Waals surface area contributed by atoms with E-state index in [1.165, 1.54) is 36.8 Å². The molecule has 1 aromatic rings. The monoisotopic (exact) mass is 284 g/mol. The molecule has 106 valence electrons. The van der Waals surface area contributed by atoms with Crippen LogP contribution in [-0.4, -0.2) is 24.5 Å². The largest absolute Gasteiger partial charge is 0.396 e. The number of benzene rings is 1. The molecule has 0 aromatic heterocycles. The van der Waals surface area contributed by atoms with E-state index in [2.05, 4.69) is 11.6 Å². The van der Waals surface area contributed by atoms with Gasteiger partial charge in [0.05, 0.1) is 11.3 Å². The lowest BCUT2D eigenvalue weighted by molar-refractivity contribution is 0.0953. The Bertz CT molecular complexity index is 412. The predicted molar refractivity (Wildman–Crippen MR) is 80.0 cm³/mol. The van der Waals surface area contributed by atoms with E-state index in [1.807, 2.05) is 11.8 Å². The molecular formula is C14H21FN2OS. The summed E-state index contributed by atoms with van der Waals surface area (Å²) in [7, 11) is 0. The third kappa shape index (κ3) is 5.51. The van der Waals surface area contributed by atoms with Crippen LogP contribution < -0.4 is 11.1 Å². The molecule has 0 unspecified atom stereocenters. The highest BCUT2D eigenvalue weighted by Crippen LogP contribution is 2.15. The van der Waals surface area contributed by atoms with E-state index in [0.29, 0.717) is 6.54 Å². The van der Waals surface area contributed by atoms with Gasteiger partial charge in [-0.05, 0) is 37.0 Å². The summed E-state index contributed by atoms with van der Waals surface area (Å²) in [4.78, 5) is 11.8. The van der Waals surface area contributed by atoms with Gasteiger partial charge in [-0.15, -0.1) is 0 Å². The second-order valence-corrected chi connectivity index (χ2v) is 5.35. The normalized spacial score (nSPS) is 10.4. The second kappa shape index (κ2) is 8.80. The van der Waals surface area contributed by atoms with Crippen molar-refractivity contribution in [3.8, 4) is 0 Å². The number of halogens is 1. The smallest absolute Gasteiger partial charge is 0.253 e. The highest BCUT2D eigenvalue weighted by molar-refractivity contribution is 7.98. The topological polar surface area (TPSA) is 55.1 Å². The van der Waals surface area contributed by atoms with Crippen molar-refractivity contribution in [3.63, 3.8) is 0 Å². The number of nitrogen functional groups attached to an aromatic ring is 1. The van der Waals surface area contributed by atoms with Crippen molar-refractivity contribution >= 4 is 23.4 Å². The molecule has 0 saturated carbocycles. The van der Waals surface area contributed by atoms with Crippen molar-refractivity contribution in [1.29, 1.82) is 0 Å². The fourth-order valence-electron chi connectivity index (χ4n) is 1.76. The maximum absolute atomic E-state index is 13.2. The van der Waals surface area contributed by atoms with Gasteiger partial charge in [0.25, 0.3) is 5.91 Å². The van der Waals surface area contributed by atoms with E-state index in [9.17, 15) is 9.18 Å². The number of rotatable bonds is 8. The molecule has 1 amide bonds. The van der Waals surface area contributed by atoms with Crippen LogP contribution in [0.25, 0.3) is 0 Å². The molecule has 0 radical (unpaired) electrons. The van der Waals surface area contributed by atoms with Gasteiger partial charge in [-0.2, -0.15) is 11.8 Å². The molecule has 0 saturated heterocycles. The fourth-order valence-corrected chi connectivity index (χ4v) is 2.25. The summed E-state index contributed by atoms with van der Waals surface area (Å²) in [6.07, 6.45) is 6.53. The number of para-hydroxylation sites is 1. The van der Waals surface area contributed by atoms with Crippen LogP contribution in [0.15, 0.2) is 18.2 Å². The van der Waals surface area contributed by atoms with Gasteiger partial charge in [0.1, 0.15) is 5.82 Å². The number of thioether (sulfide) groups is 1. The first kappa shape index (κ1) is 15.8. The van der Waals surface area contributed by atoms with Gasteiger partial charge < -0.3 is 11.1 Å². The van der Waals surface area contributed by atoms with Gasteiger partial charge in [0.2, 0.25) is 0 Å². The van der Waals surface area contributed by atoms with Gasteiger partial charge in [0.15, 0.2) is 0 Å². The zero-order valence-corrected chi connectivity index (χ0v) is 12.1. The van der Waals surface area contributed by atoms with Gasteiger partial charge in [0, 0.05) is 6.54 Å². The Morgan fingerprint density at radius 1 is 1.32 bits per heavy atom. The van der Waals surface area contributed by atoms with Gasteiger partial charge >= 0.3 is 0 Å². The summed E-state index contributed by atoms with van der Waals surface area (Å²) in [6.45, 7) is 0.605. The van der Waals surface area contributed by atoms with Crippen LogP contribution in [0.1, 0.15) is 36.0 Å². The van der Waals surface area contributed by atoms with Crippen LogP contribution in [0.3, 0.4) is 0 Å². The van der Waals surface area contributed by atoms with Gasteiger partial charge in [-0.3, -0.25) is 4.79 Å². The predicted octanol–water partition coefficient (Wildman–Crippen LogP) is 3.06. The summed E-state index contributed by atoms with van der Waals surface area (Å²) in [5, 5.41) is 2.77. The number of hydrogen-bond acceptors (Lipinski definition) is 3. The minimum Gasteiger partial charge on any atom is -0.396 e. The molecule has 0 fully saturated rings. The molecule has 0 aliphatic rings. The van der Waals surface area contributed by atoms with E-state index in [-0.39, 0.29) is 17.2 Å². The van der Waals surface area contributed by atoms with Crippen molar-refractivity contribution in [2.75, 3.05) is 24.3 Å². The Labute approximate surface area is 118 Å². The first-order valence-corrected chi connectivity index (χ1v) is 7.87. The molecule has 3 N–H and O–H groups in total. The Hall–Kier alpha value is -1.23. The lowest BCUT2D eigenvalue weighted by atomic mass is 10.1. The van der Waals surface area contributed by atoms with Gasteiger partial charge in [-0.25, -0.2) is 4.39 Å². The Kier molecular flexibility index (Phi) is 7.33. The number of amides is 1. The van der Waals surface area contributed by atoms with E-state index >= 15 is 0 Å². The third-order valence-electron chi connectivity index (χ3n) is 2.86. The summed E-state index contributed by atoms with van der Waals surface area (Å²) in [5.74, 6) is 0.331. The zero-order chi connectivity index (χ0) is 14.1. The molecule has 0 bridgehead atoms. The van der Waals surface area contributed by atoms with E-state index in [0.717, 1.165) is 12.8 Å². The maximum atomic E-state index is 13.2. The van der Waals surface area contributed by atoms with Crippen LogP contribution in [0.4, 0.5) is 10.1 Å². The highest BCUT2D eigenvalue weighted by Gasteiger charge is 2.11. The lowest BCUT2D eigenvalue weighted by Gasteiger charge is -2.07. The van der Waals surface area contributed by atoms with Crippen molar-refractivity contribution in [2.45, 2.75) is 25.7 Å². The number of anilines is 1. The molecular weight excluding hydrogens is 263 g/mol. The molecule has 1 rings (SSSR count). The van der Waals surface area contributed by atoms with Crippen LogP contribution in [0, 0.1) is 5.82 Å². The second-order valence-electron chi connectivity index (χ2n) is 4.36. The minimum atomic E-state index is -0.551. The fraction of sp³-hybridized carbons (Fsp3) is 0.500. The molecule has 3 nitrogen and oxygen atoms in total. The zero-order valence-electron chi connectivity index (χ0n) is 11.2. The van der Waals surface area contributed by atoms with Gasteiger partial charge in [-0.1, -0.05) is 18.9 Å². The van der Waals surface area contributed by atoms with Crippen LogP contribution in [-0.2, 0) is 0 Å². The van der Waals surface area contributed by atoms with Crippen LogP contribution in [0.2, 0.25) is 0 Å². The molecule has 0 spiro atoms. The molecule has 0 heterocycles. The van der Waals surface area contributed by atoms with E-state index in [1.54, 1.807) is 0 Å². The van der Waals surface area contributed by atoms with Crippen molar-refractivity contribution in [1.82, 2.24) is 5.32 Å². The molecule has 0 aliphatic heterocycles. The number of nitrogens with one attached hydrogen (secondary N) is 1. The third-order valence-corrected chi connectivity index (χ3v) is 3.56. The SMILES string of the molecule is CSCCCCCCNC(=O)c1cccc(F)c1N. The van der Waals surface area contributed by atoms with Crippen LogP contribution in [0.5, 0.6) is 0 Å². The number of nitrogens with two attached hydrogens (primary N) is 1. The van der Waals surface area contributed by atoms with Crippen molar-refractivity contribution in [2.24, 2.45) is 0 Å². The first-order valence-electron chi connectivity index (χ1n) is 6.48. The molecule has 19 heavy (non-hydrogen) atoms. The quantitative estimate of drug-likeness (QED) is 0.570. The standard InChI is InChI=1S/C14H21FN2OS/c1-19-10-5-3-2-4-9-17-14(18)11-7-6-8-12(15)13(11)16/h6-8H,2-5,9-10,16H2,1H3,(H,17,18). The van der Waals surface area contributed by atoms with E-state index < -0.39 is 5.82 Å². The van der Waals surface area contributed by atoms with E-state index in [4.69, 9.17) is 5.73 Å². The Morgan fingerprint density at radius 2 is 2.05 bits per heavy atom. The molecule has 0 atom stereocenters. The summed E-state index contributed by atoms with van der Waals surface area (Å²) in [5.41, 5.74) is 5.66. The summed E-state index contributed by atoms with van der Waals surface area (Å²) in [6, 6.07) is 4.27. The molecule has 1 aromatic carbocycles. The van der Waals surface area contributed by atoms with Crippen molar-refractivity contribution in [3.05, 3.63) is 29.6 Å². The number of hydrogen-bond donors (Lipinski definition) is 2. The Morgan fingerprint density at radius 3 is 2.79 bits per heavy atom. The maximum Gasteiger partial charge on any atom is 0.253 e. The Balaban J connectivity index is 2.26. The number of carbonyl (C=O) groups excluding carboxylic acids is 1.